The third-order valence-electron chi connectivity index (χ3n) is 6.11. The van der Waals surface area contributed by atoms with E-state index in [0.717, 1.165) is 63.2 Å². The summed E-state index contributed by atoms with van der Waals surface area (Å²) in [7, 11) is 0. The smallest absolute Gasteiger partial charge is 0.261 e. The van der Waals surface area contributed by atoms with Gasteiger partial charge in [0, 0.05) is 56.9 Å². The van der Waals surface area contributed by atoms with Gasteiger partial charge in [-0.3, -0.25) is 19.1 Å². The van der Waals surface area contributed by atoms with Crippen LogP contribution in [0.2, 0.25) is 0 Å². The molecule has 1 aromatic carbocycles. The van der Waals surface area contributed by atoms with E-state index in [1.165, 1.54) is 0 Å². The van der Waals surface area contributed by atoms with Crippen molar-refractivity contribution in [1.29, 1.82) is 0 Å². The maximum atomic E-state index is 12.6. The summed E-state index contributed by atoms with van der Waals surface area (Å²) >= 11 is 0. The van der Waals surface area contributed by atoms with E-state index < -0.39 is 0 Å². The first-order chi connectivity index (χ1) is 14.0. The summed E-state index contributed by atoms with van der Waals surface area (Å²) in [5.41, 5.74) is 1.90. The molecule has 2 fully saturated rings. The average molecular weight is 398 g/mol. The summed E-state index contributed by atoms with van der Waals surface area (Å²) < 4.78 is 1.67. The van der Waals surface area contributed by atoms with Gasteiger partial charge < -0.3 is 10.2 Å². The van der Waals surface area contributed by atoms with Crippen LogP contribution in [-0.4, -0.2) is 59.1 Å². The van der Waals surface area contributed by atoms with Crippen LogP contribution in [0.3, 0.4) is 0 Å². The Morgan fingerprint density at radius 2 is 1.93 bits per heavy atom. The Kier molecular flexibility index (Phi) is 5.85. The molecule has 0 saturated carbocycles. The molecule has 1 unspecified atom stereocenters. The monoisotopic (exact) mass is 397 g/mol. The summed E-state index contributed by atoms with van der Waals surface area (Å²) in [6, 6.07) is 6.36. The number of amides is 1. The molecule has 3 heterocycles. The summed E-state index contributed by atoms with van der Waals surface area (Å²) in [6.45, 7) is 8.75. The van der Waals surface area contributed by atoms with Crippen molar-refractivity contribution in [3.05, 3.63) is 34.9 Å². The van der Waals surface area contributed by atoms with Gasteiger partial charge >= 0.3 is 0 Å². The molecule has 156 valence electrons. The maximum absolute atomic E-state index is 12.6. The van der Waals surface area contributed by atoms with Crippen molar-refractivity contribution in [2.75, 3.05) is 37.6 Å². The first-order valence-corrected chi connectivity index (χ1v) is 10.8. The third-order valence-corrected chi connectivity index (χ3v) is 6.11. The Morgan fingerprint density at radius 3 is 2.69 bits per heavy atom. The molecule has 1 atom stereocenters. The number of piperazine rings is 1. The van der Waals surface area contributed by atoms with Gasteiger partial charge in [-0.15, -0.1) is 0 Å². The fourth-order valence-corrected chi connectivity index (χ4v) is 4.37. The first-order valence-electron chi connectivity index (χ1n) is 10.8. The van der Waals surface area contributed by atoms with Gasteiger partial charge in [-0.2, -0.15) is 0 Å². The Morgan fingerprint density at radius 1 is 1.14 bits per heavy atom. The van der Waals surface area contributed by atoms with Crippen molar-refractivity contribution in [3.8, 4) is 0 Å². The summed E-state index contributed by atoms with van der Waals surface area (Å²) in [5, 5.41) is 3.85. The van der Waals surface area contributed by atoms with E-state index in [0.29, 0.717) is 11.8 Å². The number of hydrogen-bond acceptors (Lipinski definition) is 5. The molecule has 2 aliphatic heterocycles. The molecular formula is C22H31N5O2. The fourth-order valence-electron chi connectivity index (χ4n) is 4.37. The zero-order valence-electron chi connectivity index (χ0n) is 17.4. The molecule has 0 bridgehead atoms. The van der Waals surface area contributed by atoms with Crippen LogP contribution in [-0.2, 0) is 4.79 Å². The molecule has 7 heteroatoms. The number of benzene rings is 1. The van der Waals surface area contributed by atoms with Gasteiger partial charge in [0.25, 0.3) is 5.56 Å². The van der Waals surface area contributed by atoms with Crippen molar-refractivity contribution < 1.29 is 4.79 Å². The highest BCUT2D eigenvalue weighted by Gasteiger charge is 2.23. The lowest BCUT2D eigenvalue weighted by Gasteiger charge is -2.37. The molecule has 0 spiro atoms. The van der Waals surface area contributed by atoms with Crippen LogP contribution in [0.15, 0.2) is 29.3 Å². The Balaban J connectivity index is 1.40. The molecule has 0 aliphatic carbocycles. The maximum Gasteiger partial charge on any atom is 0.261 e. The average Bonchev–Trinajstić information content (AvgIpc) is 2.92. The highest BCUT2D eigenvalue weighted by atomic mass is 16.1. The van der Waals surface area contributed by atoms with Crippen LogP contribution >= 0.6 is 0 Å². The van der Waals surface area contributed by atoms with Gasteiger partial charge in [0.2, 0.25) is 5.91 Å². The number of hydrogen-bond donors (Lipinski definition) is 1. The van der Waals surface area contributed by atoms with E-state index >= 15 is 0 Å². The van der Waals surface area contributed by atoms with Crippen LogP contribution in [0.1, 0.15) is 45.6 Å². The minimum absolute atomic E-state index is 0.0202. The lowest BCUT2D eigenvalue weighted by atomic mass is 10.1. The number of carbonyl (C=O) groups is 1. The fraction of sp³-hybridized carbons (Fsp3) is 0.591. The molecule has 29 heavy (non-hydrogen) atoms. The molecular weight excluding hydrogens is 366 g/mol. The molecule has 2 saturated heterocycles. The van der Waals surface area contributed by atoms with E-state index in [-0.39, 0.29) is 23.6 Å². The molecule has 4 rings (SSSR count). The van der Waals surface area contributed by atoms with Gasteiger partial charge in [0.1, 0.15) is 0 Å². The van der Waals surface area contributed by atoms with Crippen molar-refractivity contribution in [1.82, 2.24) is 19.8 Å². The molecule has 2 aliphatic rings. The number of nitrogens with one attached hydrogen (secondary N) is 1. The Labute approximate surface area is 171 Å². The number of fused-ring (bicyclic) bond motifs is 1. The minimum Gasteiger partial charge on any atom is -0.369 e. The summed E-state index contributed by atoms with van der Waals surface area (Å²) in [4.78, 5) is 33.7. The van der Waals surface area contributed by atoms with Gasteiger partial charge in [-0.1, -0.05) is 6.42 Å². The van der Waals surface area contributed by atoms with E-state index in [4.69, 9.17) is 0 Å². The van der Waals surface area contributed by atoms with Crippen molar-refractivity contribution in [3.63, 3.8) is 0 Å². The lowest BCUT2D eigenvalue weighted by Crippen LogP contribution is -2.51. The normalized spacial score (nSPS) is 21.4. The predicted molar refractivity (Wildman–Crippen MR) is 115 cm³/mol. The van der Waals surface area contributed by atoms with Gasteiger partial charge in [-0.25, -0.2) is 4.98 Å². The van der Waals surface area contributed by atoms with Crippen molar-refractivity contribution in [2.24, 2.45) is 0 Å². The highest BCUT2D eigenvalue weighted by molar-refractivity contribution is 5.81. The highest BCUT2D eigenvalue weighted by Crippen LogP contribution is 2.21. The number of aromatic nitrogens is 2. The van der Waals surface area contributed by atoms with E-state index in [2.05, 4.69) is 20.1 Å². The largest absolute Gasteiger partial charge is 0.369 e. The van der Waals surface area contributed by atoms with Crippen LogP contribution < -0.4 is 15.8 Å². The van der Waals surface area contributed by atoms with Gasteiger partial charge in [0.15, 0.2) is 0 Å². The first kappa shape index (κ1) is 19.9. The quantitative estimate of drug-likeness (QED) is 0.856. The van der Waals surface area contributed by atoms with Crippen LogP contribution in [0.5, 0.6) is 0 Å². The zero-order valence-corrected chi connectivity index (χ0v) is 17.4. The van der Waals surface area contributed by atoms with Crippen molar-refractivity contribution in [2.45, 2.75) is 51.6 Å². The topological polar surface area (TPSA) is 70.5 Å². The Bertz CT molecular complexity index is 930. The SMILES string of the molecule is CC(C)n1cnc2cc(N3CCN(CC4CCCCC(=O)N4)CC3)ccc2c1=O. The lowest BCUT2D eigenvalue weighted by molar-refractivity contribution is -0.121. The van der Waals surface area contributed by atoms with Gasteiger partial charge in [-0.05, 0) is 44.9 Å². The van der Waals surface area contributed by atoms with Crippen molar-refractivity contribution >= 4 is 22.5 Å². The zero-order chi connectivity index (χ0) is 20.4. The Hall–Kier alpha value is -2.41. The standard InChI is InChI=1S/C22H31N5O2/c1-16(2)27-15-23-20-13-18(7-8-19(20)22(27)29)26-11-9-25(10-12-26)14-17-5-3-4-6-21(28)24-17/h7-8,13,15-17H,3-6,9-12,14H2,1-2H3,(H,24,28). The molecule has 2 aromatic rings. The van der Waals surface area contributed by atoms with Crippen LogP contribution in [0, 0.1) is 0 Å². The number of rotatable bonds is 4. The van der Waals surface area contributed by atoms with E-state index in [9.17, 15) is 9.59 Å². The second kappa shape index (κ2) is 8.53. The van der Waals surface area contributed by atoms with Gasteiger partial charge in [0.05, 0.1) is 17.2 Å². The molecule has 0 radical (unpaired) electrons. The summed E-state index contributed by atoms with van der Waals surface area (Å²) in [6.07, 6.45) is 5.54. The van der Waals surface area contributed by atoms with Crippen LogP contribution in [0.25, 0.3) is 10.9 Å². The van der Waals surface area contributed by atoms with Crippen LogP contribution in [0.4, 0.5) is 5.69 Å². The number of nitrogens with zero attached hydrogens (tertiary/aromatic N) is 4. The van der Waals surface area contributed by atoms with E-state index in [1.807, 2.05) is 32.0 Å². The second-order valence-corrected chi connectivity index (χ2v) is 8.55. The minimum atomic E-state index is 0.0202. The molecule has 1 aromatic heterocycles. The third kappa shape index (κ3) is 4.45. The number of anilines is 1. The molecule has 7 nitrogen and oxygen atoms in total. The number of carbonyl (C=O) groups excluding carboxylic acids is 1. The second-order valence-electron chi connectivity index (χ2n) is 8.55. The molecule has 1 amide bonds. The molecule has 1 N–H and O–H groups in total. The van der Waals surface area contributed by atoms with E-state index in [1.54, 1.807) is 10.9 Å². The predicted octanol–water partition coefficient (Wildman–Crippen LogP) is 2.16. The summed E-state index contributed by atoms with van der Waals surface area (Å²) in [5.74, 6) is 0.200.